The standard InChI is InChI=1S/C9H8IN3S/c1-14-9(12-6-11)13-8-4-2-3-7(10)5-8/h2-5H,1H3,(H,12,13). The quantitative estimate of drug-likeness (QED) is 0.285. The Bertz CT molecular complexity index is 384. The van der Waals surface area contributed by atoms with Gasteiger partial charge in [0.05, 0.1) is 5.69 Å². The molecule has 0 spiro atoms. The van der Waals surface area contributed by atoms with Gasteiger partial charge in [0.15, 0.2) is 11.4 Å². The van der Waals surface area contributed by atoms with E-state index in [9.17, 15) is 0 Å². The highest BCUT2D eigenvalue weighted by Crippen LogP contribution is 2.16. The van der Waals surface area contributed by atoms with E-state index in [4.69, 9.17) is 5.26 Å². The van der Waals surface area contributed by atoms with Crippen LogP contribution in [0.15, 0.2) is 29.3 Å². The number of hydrogen-bond donors (Lipinski definition) is 1. The van der Waals surface area contributed by atoms with Gasteiger partial charge in [0, 0.05) is 3.57 Å². The molecular weight excluding hydrogens is 309 g/mol. The van der Waals surface area contributed by atoms with E-state index in [1.807, 2.05) is 36.7 Å². The van der Waals surface area contributed by atoms with Crippen LogP contribution in [0.25, 0.3) is 0 Å². The molecular formula is C9H8IN3S. The van der Waals surface area contributed by atoms with Crippen LogP contribution in [0.4, 0.5) is 5.69 Å². The second-order valence-electron chi connectivity index (χ2n) is 2.34. The predicted molar refractivity (Wildman–Crippen MR) is 68.5 cm³/mol. The predicted octanol–water partition coefficient (Wildman–Crippen LogP) is 2.71. The van der Waals surface area contributed by atoms with Crippen LogP contribution in [0.5, 0.6) is 0 Å². The maximum Gasteiger partial charge on any atom is 0.183 e. The highest BCUT2D eigenvalue weighted by Gasteiger charge is 1.96. The molecule has 1 N–H and O–H groups in total. The number of aliphatic imine (C=N–C) groups is 1. The third-order valence-corrected chi connectivity index (χ3v) is 2.65. The van der Waals surface area contributed by atoms with E-state index < -0.39 is 0 Å². The molecule has 0 saturated carbocycles. The normalized spacial score (nSPS) is 10.8. The average Bonchev–Trinajstić information content (AvgIpc) is 2.17. The molecule has 0 aliphatic heterocycles. The van der Waals surface area contributed by atoms with E-state index in [1.54, 1.807) is 0 Å². The van der Waals surface area contributed by atoms with Gasteiger partial charge in [-0.05, 0) is 47.0 Å². The first kappa shape index (κ1) is 11.3. The zero-order valence-corrected chi connectivity index (χ0v) is 10.5. The zero-order chi connectivity index (χ0) is 10.4. The van der Waals surface area contributed by atoms with E-state index >= 15 is 0 Å². The van der Waals surface area contributed by atoms with Gasteiger partial charge >= 0.3 is 0 Å². The maximum atomic E-state index is 8.44. The number of benzene rings is 1. The van der Waals surface area contributed by atoms with E-state index in [0.717, 1.165) is 9.26 Å². The van der Waals surface area contributed by atoms with Crippen molar-refractivity contribution in [2.75, 3.05) is 6.26 Å². The summed E-state index contributed by atoms with van der Waals surface area (Å²) in [4.78, 5) is 4.27. The van der Waals surface area contributed by atoms with Gasteiger partial charge in [-0.2, -0.15) is 5.26 Å². The number of halogens is 1. The van der Waals surface area contributed by atoms with Crippen molar-refractivity contribution in [2.24, 2.45) is 4.99 Å². The summed E-state index contributed by atoms with van der Waals surface area (Å²) >= 11 is 3.63. The van der Waals surface area contributed by atoms with Crippen molar-refractivity contribution >= 4 is 45.2 Å². The number of nitriles is 1. The summed E-state index contributed by atoms with van der Waals surface area (Å²) in [6, 6.07) is 7.79. The van der Waals surface area contributed by atoms with E-state index in [2.05, 4.69) is 32.9 Å². The second-order valence-corrected chi connectivity index (χ2v) is 4.38. The molecule has 0 aromatic heterocycles. The van der Waals surface area contributed by atoms with E-state index in [0.29, 0.717) is 5.17 Å². The Morgan fingerprint density at radius 2 is 2.43 bits per heavy atom. The average molecular weight is 317 g/mol. The third-order valence-electron chi connectivity index (χ3n) is 1.40. The molecule has 0 amide bonds. The minimum absolute atomic E-state index is 0.606. The molecule has 3 nitrogen and oxygen atoms in total. The zero-order valence-electron chi connectivity index (χ0n) is 7.49. The Labute approximate surface area is 101 Å². The molecule has 0 saturated heterocycles. The number of thioether (sulfide) groups is 1. The summed E-state index contributed by atoms with van der Waals surface area (Å²) in [5.41, 5.74) is 0.851. The van der Waals surface area contributed by atoms with Crippen LogP contribution < -0.4 is 5.32 Å². The summed E-state index contributed by atoms with van der Waals surface area (Å²) in [5.74, 6) is 0. The van der Waals surface area contributed by atoms with Crippen molar-refractivity contribution in [3.05, 3.63) is 27.8 Å². The molecule has 5 heteroatoms. The highest BCUT2D eigenvalue weighted by molar-refractivity contribution is 14.1. The molecule has 14 heavy (non-hydrogen) atoms. The first-order valence-electron chi connectivity index (χ1n) is 3.79. The Morgan fingerprint density at radius 3 is 3.00 bits per heavy atom. The maximum absolute atomic E-state index is 8.44. The molecule has 72 valence electrons. The van der Waals surface area contributed by atoms with Crippen molar-refractivity contribution in [2.45, 2.75) is 0 Å². The van der Waals surface area contributed by atoms with Gasteiger partial charge in [-0.25, -0.2) is 4.99 Å². The van der Waals surface area contributed by atoms with Crippen molar-refractivity contribution in [3.63, 3.8) is 0 Å². The smallest absolute Gasteiger partial charge is 0.183 e. The lowest BCUT2D eigenvalue weighted by molar-refractivity contribution is 1.28. The summed E-state index contributed by atoms with van der Waals surface area (Å²) < 4.78 is 1.13. The van der Waals surface area contributed by atoms with Crippen LogP contribution in [0.2, 0.25) is 0 Å². The summed E-state index contributed by atoms with van der Waals surface area (Å²) in [6.07, 6.45) is 3.72. The van der Waals surface area contributed by atoms with Crippen LogP contribution >= 0.6 is 34.4 Å². The first-order chi connectivity index (χ1) is 6.76. The molecule has 1 aromatic rings. The summed E-state index contributed by atoms with van der Waals surface area (Å²) in [7, 11) is 0. The molecule has 0 fully saturated rings. The van der Waals surface area contributed by atoms with Gasteiger partial charge in [0.25, 0.3) is 0 Å². The Balaban J connectivity index is 2.89. The van der Waals surface area contributed by atoms with Crippen molar-refractivity contribution < 1.29 is 0 Å². The van der Waals surface area contributed by atoms with E-state index in [1.165, 1.54) is 11.8 Å². The van der Waals surface area contributed by atoms with Crippen LogP contribution in [-0.2, 0) is 0 Å². The Morgan fingerprint density at radius 1 is 1.64 bits per heavy atom. The van der Waals surface area contributed by atoms with Gasteiger partial charge in [-0.15, -0.1) is 0 Å². The number of hydrogen-bond acceptors (Lipinski definition) is 3. The topological polar surface area (TPSA) is 48.2 Å². The monoisotopic (exact) mass is 317 g/mol. The van der Waals surface area contributed by atoms with Crippen molar-refractivity contribution in [1.29, 1.82) is 5.26 Å². The van der Waals surface area contributed by atoms with Gasteiger partial charge < -0.3 is 0 Å². The second kappa shape index (κ2) is 5.88. The largest absolute Gasteiger partial charge is 0.271 e. The van der Waals surface area contributed by atoms with Crippen molar-refractivity contribution in [1.82, 2.24) is 5.32 Å². The molecule has 0 unspecified atom stereocenters. The van der Waals surface area contributed by atoms with Gasteiger partial charge in [0.2, 0.25) is 0 Å². The fourth-order valence-electron chi connectivity index (χ4n) is 0.835. The molecule has 0 atom stereocenters. The molecule has 1 aromatic carbocycles. The van der Waals surface area contributed by atoms with Gasteiger partial charge in [-0.3, -0.25) is 5.32 Å². The minimum atomic E-state index is 0.606. The number of nitrogens with zero attached hydrogens (tertiary/aromatic N) is 2. The molecule has 0 heterocycles. The highest BCUT2D eigenvalue weighted by atomic mass is 127. The van der Waals surface area contributed by atoms with Gasteiger partial charge in [-0.1, -0.05) is 17.8 Å². The van der Waals surface area contributed by atoms with Crippen LogP contribution in [0.3, 0.4) is 0 Å². The molecule has 1 rings (SSSR count). The Kier molecular flexibility index (Phi) is 4.76. The number of nitrogens with one attached hydrogen (secondary N) is 1. The van der Waals surface area contributed by atoms with Crippen LogP contribution in [-0.4, -0.2) is 11.4 Å². The first-order valence-corrected chi connectivity index (χ1v) is 6.10. The molecule has 0 aliphatic carbocycles. The number of amidine groups is 1. The summed E-state index contributed by atoms with van der Waals surface area (Å²) in [5, 5.41) is 11.6. The molecule has 0 bridgehead atoms. The lowest BCUT2D eigenvalue weighted by Gasteiger charge is -1.99. The summed E-state index contributed by atoms with van der Waals surface area (Å²) in [6.45, 7) is 0. The lowest BCUT2D eigenvalue weighted by Crippen LogP contribution is -2.12. The van der Waals surface area contributed by atoms with Crippen LogP contribution in [0, 0.1) is 15.0 Å². The third kappa shape index (κ3) is 3.55. The van der Waals surface area contributed by atoms with Crippen LogP contribution in [0.1, 0.15) is 0 Å². The minimum Gasteiger partial charge on any atom is -0.271 e. The lowest BCUT2D eigenvalue weighted by atomic mass is 10.3. The SMILES string of the molecule is CSC(=Nc1cccc(I)c1)NC#N. The van der Waals surface area contributed by atoms with Gasteiger partial charge in [0.1, 0.15) is 0 Å². The number of rotatable bonds is 1. The fraction of sp³-hybridized carbons (Fsp3) is 0.111. The molecule has 0 aliphatic rings. The Hall–Kier alpha value is -0.740. The molecule has 0 radical (unpaired) electrons. The fourth-order valence-corrected chi connectivity index (χ4v) is 1.71. The van der Waals surface area contributed by atoms with Crippen molar-refractivity contribution in [3.8, 4) is 6.19 Å². The van der Waals surface area contributed by atoms with E-state index in [-0.39, 0.29) is 0 Å².